The van der Waals surface area contributed by atoms with E-state index in [0.29, 0.717) is 24.1 Å². The fourth-order valence-corrected chi connectivity index (χ4v) is 3.08. The van der Waals surface area contributed by atoms with Crippen molar-refractivity contribution in [3.05, 3.63) is 29.0 Å². The Bertz CT molecular complexity index is 485. The van der Waals surface area contributed by atoms with Crippen LogP contribution >= 0.6 is 11.6 Å². The van der Waals surface area contributed by atoms with Gasteiger partial charge < -0.3 is 5.32 Å². The zero-order valence-corrected chi connectivity index (χ0v) is 12.6. The summed E-state index contributed by atoms with van der Waals surface area (Å²) in [5.41, 5.74) is 0.527. The van der Waals surface area contributed by atoms with E-state index in [1.807, 2.05) is 0 Å². The highest BCUT2D eigenvalue weighted by atomic mass is 35.5. The second kappa shape index (κ2) is 6.55. The van der Waals surface area contributed by atoms with Crippen LogP contribution in [0.2, 0.25) is 5.02 Å². The van der Waals surface area contributed by atoms with Gasteiger partial charge in [-0.05, 0) is 36.5 Å². The van der Waals surface area contributed by atoms with E-state index < -0.39 is 5.82 Å². The van der Waals surface area contributed by atoms with Crippen molar-refractivity contribution in [1.29, 1.82) is 0 Å². The van der Waals surface area contributed by atoms with Gasteiger partial charge in [-0.25, -0.2) is 4.39 Å². The van der Waals surface area contributed by atoms with E-state index in [4.69, 9.17) is 11.6 Å². The molecule has 20 heavy (non-hydrogen) atoms. The van der Waals surface area contributed by atoms with E-state index in [9.17, 15) is 9.18 Å². The summed E-state index contributed by atoms with van der Waals surface area (Å²) >= 11 is 5.69. The van der Waals surface area contributed by atoms with Crippen molar-refractivity contribution in [3.63, 3.8) is 0 Å². The van der Waals surface area contributed by atoms with E-state index >= 15 is 0 Å². The Labute approximate surface area is 124 Å². The molecule has 1 saturated heterocycles. The molecule has 1 heterocycles. The quantitative estimate of drug-likeness (QED) is 0.927. The molecular formula is C15H20ClFN2O. The molecule has 1 aromatic rings. The molecule has 0 saturated carbocycles. The van der Waals surface area contributed by atoms with Crippen LogP contribution in [-0.4, -0.2) is 30.4 Å². The van der Waals surface area contributed by atoms with Crippen LogP contribution in [0.5, 0.6) is 0 Å². The van der Waals surface area contributed by atoms with Crippen molar-refractivity contribution in [1.82, 2.24) is 4.90 Å². The first-order valence-electron chi connectivity index (χ1n) is 6.91. The Morgan fingerprint density at radius 3 is 2.65 bits per heavy atom. The first kappa shape index (κ1) is 15.3. The Morgan fingerprint density at radius 1 is 1.40 bits per heavy atom. The summed E-state index contributed by atoms with van der Waals surface area (Å²) in [7, 11) is 0. The van der Waals surface area contributed by atoms with Gasteiger partial charge in [0.2, 0.25) is 5.91 Å². The minimum absolute atomic E-state index is 0.0167. The summed E-state index contributed by atoms with van der Waals surface area (Å²) in [6.07, 6.45) is 1.21. The molecule has 1 fully saturated rings. The van der Waals surface area contributed by atoms with Crippen LogP contribution in [0.3, 0.4) is 0 Å². The number of amides is 1. The van der Waals surface area contributed by atoms with Crippen LogP contribution in [0.15, 0.2) is 18.2 Å². The Hall–Kier alpha value is -1.13. The fraction of sp³-hybridized carbons (Fsp3) is 0.533. The van der Waals surface area contributed by atoms with Crippen LogP contribution < -0.4 is 5.32 Å². The average molecular weight is 299 g/mol. The molecule has 2 rings (SSSR count). The number of nitrogens with zero attached hydrogens (tertiary/aromatic N) is 1. The molecule has 5 heteroatoms. The highest BCUT2D eigenvalue weighted by Gasteiger charge is 2.23. The summed E-state index contributed by atoms with van der Waals surface area (Å²) < 4.78 is 13.0. The Balaban J connectivity index is 1.90. The molecule has 0 aromatic heterocycles. The van der Waals surface area contributed by atoms with Crippen molar-refractivity contribution in [2.24, 2.45) is 11.8 Å². The number of halogens is 2. The van der Waals surface area contributed by atoms with E-state index in [0.717, 1.165) is 13.1 Å². The number of anilines is 1. The third-order valence-electron chi connectivity index (χ3n) is 3.52. The van der Waals surface area contributed by atoms with Gasteiger partial charge in [0, 0.05) is 18.8 Å². The number of piperidine rings is 1. The zero-order chi connectivity index (χ0) is 14.7. The molecule has 1 aromatic carbocycles. The lowest BCUT2D eigenvalue weighted by Gasteiger charge is -2.34. The summed E-state index contributed by atoms with van der Waals surface area (Å²) in [5.74, 6) is 0.663. The first-order chi connectivity index (χ1) is 9.44. The van der Waals surface area contributed by atoms with Gasteiger partial charge in [0.15, 0.2) is 0 Å². The van der Waals surface area contributed by atoms with Crippen LogP contribution in [0, 0.1) is 17.7 Å². The predicted molar refractivity (Wildman–Crippen MR) is 79.4 cm³/mol. The zero-order valence-electron chi connectivity index (χ0n) is 11.8. The Morgan fingerprint density at radius 2 is 2.05 bits per heavy atom. The highest BCUT2D eigenvalue weighted by molar-refractivity contribution is 6.31. The predicted octanol–water partition coefficient (Wildman–Crippen LogP) is 3.40. The van der Waals surface area contributed by atoms with Crippen molar-refractivity contribution in [2.45, 2.75) is 20.3 Å². The van der Waals surface area contributed by atoms with E-state index in [-0.39, 0.29) is 10.9 Å². The second-order valence-corrected chi connectivity index (χ2v) is 6.22. The van der Waals surface area contributed by atoms with Gasteiger partial charge in [-0.1, -0.05) is 25.4 Å². The maximum atomic E-state index is 13.0. The smallest absolute Gasteiger partial charge is 0.238 e. The van der Waals surface area contributed by atoms with Crippen LogP contribution in [0.1, 0.15) is 20.3 Å². The number of likely N-dealkylation sites (tertiary alicyclic amines) is 1. The standard InChI is InChI=1S/C15H20ClFN2O/c1-10-5-11(2)8-19(7-10)9-15(20)18-12-3-4-14(17)13(16)6-12/h3-4,6,10-11H,5,7-9H2,1-2H3,(H,18,20)/t10-,11+. The highest BCUT2D eigenvalue weighted by Crippen LogP contribution is 2.21. The number of rotatable bonds is 3. The Kier molecular flexibility index (Phi) is 5.00. The van der Waals surface area contributed by atoms with Gasteiger partial charge >= 0.3 is 0 Å². The molecule has 0 bridgehead atoms. The molecule has 0 spiro atoms. The van der Waals surface area contributed by atoms with Crippen molar-refractivity contribution < 1.29 is 9.18 Å². The minimum Gasteiger partial charge on any atom is -0.325 e. The lowest BCUT2D eigenvalue weighted by Crippen LogP contribution is -2.42. The number of hydrogen-bond donors (Lipinski definition) is 1. The number of benzene rings is 1. The topological polar surface area (TPSA) is 32.3 Å². The van der Waals surface area contributed by atoms with Crippen molar-refractivity contribution in [2.75, 3.05) is 25.0 Å². The molecule has 3 nitrogen and oxygen atoms in total. The minimum atomic E-state index is -0.483. The van der Waals surface area contributed by atoms with E-state index in [1.54, 1.807) is 0 Å². The van der Waals surface area contributed by atoms with Gasteiger partial charge in [-0.2, -0.15) is 0 Å². The van der Waals surface area contributed by atoms with E-state index in [2.05, 4.69) is 24.1 Å². The lowest BCUT2D eigenvalue weighted by molar-refractivity contribution is -0.117. The third kappa shape index (κ3) is 4.18. The van der Waals surface area contributed by atoms with Crippen molar-refractivity contribution in [3.8, 4) is 0 Å². The molecule has 0 aliphatic carbocycles. The molecule has 1 amide bonds. The maximum Gasteiger partial charge on any atom is 0.238 e. The molecule has 1 aliphatic heterocycles. The van der Waals surface area contributed by atoms with Crippen LogP contribution in [0.25, 0.3) is 0 Å². The summed E-state index contributed by atoms with van der Waals surface area (Å²) in [6.45, 7) is 6.67. The summed E-state index contributed by atoms with van der Waals surface area (Å²) in [5, 5.41) is 2.77. The number of hydrogen-bond acceptors (Lipinski definition) is 2. The SMILES string of the molecule is C[C@@H]1C[C@H](C)CN(CC(=O)Nc2ccc(F)c(Cl)c2)C1. The van der Waals surface area contributed by atoms with Gasteiger partial charge in [-0.3, -0.25) is 9.69 Å². The largest absolute Gasteiger partial charge is 0.325 e. The molecule has 1 aliphatic rings. The molecule has 1 N–H and O–H groups in total. The van der Waals surface area contributed by atoms with Gasteiger partial charge in [0.25, 0.3) is 0 Å². The molecule has 110 valence electrons. The van der Waals surface area contributed by atoms with Crippen LogP contribution in [-0.2, 0) is 4.79 Å². The van der Waals surface area contributed by atoms with Gasteiger partial charge in [-0.15, -0.1) is 0 Å². The number of nitrogens with one attached hydrogen (secondary N) is 1. The molecule has 0 radical (unpaired) electrons. The maximum absolute atomic E-state index is 13.0. The van der Waals surface area contributed by atoms with E-state index in [1.165, 1.54) is 24.6 Å². The lowest BCUT2D eigenvalue weighted by atomic mass is 9.92. The van der Waals surface area contributed by atoms with Gasteiger partial charge in [0.05, 0.1) is 11.6 Å². The van der Waals surface area contributed by atoms with Crippen LogP contribution in [0.4, 0.5) is 10.1 Å². The summed E-state index contributed by atoms with van der Waals surface area (Å²) in [4.78, 5) is 14.2. The average Bonchev–Trinajstić information content (AvgIpc) is 2.32. The number of carbonyl (C=O) groups is 1. The first-order valence-corrected chi connectivity index (χ1v) is 7.29. The van der Waals surface area contributed by atoms with Gasteiger partial charge in [0.1, 0.15) is 5.82 Å². The van der Waals surface area contributed by atoms with Crippen molar-refractivity contribution >= 4 is 23.2 Å². The number of carbonyl (C=O) groups excluding carboxylic acids is 1. The molecular weight excluding hydrogens is 279 g/mol. The monoisotopic (exact) mass is 298 g/mol. The summed E-state index contributed by atoms with van der Waals surface area (Å²) in [6, 6.07) is 4.19. The molecule has 2 atom stereocenters. The molecule has 0 unspecified atom stereocenters. The fourth-order valence-electron chi connectivity index (χ4n) is 2.90. The second-order valence-electron chi connectivity index (χ2n) is 5.82. The third-order valence-corrected chi connectivity index (χ3v) is 3.80. The normalized spacial score (nSPS) is 23.6.